The maximum absolute atomic E-state index is 13.2. The summed E-state index contributed by atoms with van der Waals surface area (Å²) in [5.74, 6) is 4.18. The van der Waals surface area contributed by atoms with Gasteiger partial charge in [-0.05, 0) is 32.9 Å². The Labute approximate surface area is 98.4 Å². The molecule has 0 bridgehead atoms. The Morgan fingerprint density at radius 1 is 1.35 bits per heavy atom. The number of urea groups is 1. The Morgan fingerprint density at radius 2 is 1.94 bits per heavy atom. The zero-order valence-electron chi connectivity index (χ0n) is 9.92. The third-order valence-electron chi connectivity index (χ3n) is 2.11. The van der Waals surface area contributed by atoms with Gasteiger partial charge in [-0.3, -0.25) is 5.01 Å². The first-order chi connectivity index (χ1) is 7.71. The molecule has 0 aliphatic carbocycles. The van der Waals surface area contributed by atoms with Crippen LogP contribution >= 0.6 is 0 Å². The SMILES string of the molecule is CC(C)(C)N(N)C(=O)Nc1cc(F)ccc1F. The highest BCUT2D eigenvalue weighted by atomic mass is 19.1. The van der Waals surface area contributed by atoms with E-state index in [1.54, 1.807) is 20.8 Å². The largest absolute Gasteiger partial charge is 0.336 e. The van der Waals surface area contributed by atoms with Crippen molar-refractivity contribution in [2.45, 2.75) is 26.3 Å². The predicted molar refractivity (Wildman–Crippen MR) is 61.2 cm³/mol. The average Bonchev–Trinajstić information content (AvgIpc) is 2.21. The van der Waals surface area contributed by atoms with Gasteiger partial charge in [0.15, 0.2) is 0 Å². The summed E-state index contributed by atoms with van der Waals surface area (Å²) in [6.45, 7) is 5.15. The molecule has 0 saturated heterocycles. The number of hydrazine groups is 1. The molecule has 1 aromatic carbocycles. The van der Waals surface area contributed by atoms with Crippen LogP contribution in [-0.4, -0.2) is 16.6 Å². The topological polar surface area (TPSA) is 58.4 Å². The first-order valence-corrected chi connectivity index (χ1v) is 5.03. The Morgan fingerprint density at radius 3 is 2.47 bits per heavy atom. The number of anilines is 1. The van der Waals surface area contributed by atoms with Crippen molar-refractivity contribution in [3.05, 3.63) is 29.8 Å². The summed E-state index contributed by atoms with van der Waals surface area (Å²) in [5.41, 5.74) is -0.858. The highest BCUT2D eigenvalue weighted by molar-refractivity contribution is 5.89. The Hall–Kier alpha value is -1.69. The van der Waals surface area contributed by atoms with Crippen LogP contribution in [0.3, 0.4) is 0 Å². The van der Waals surface area contributed by atoms with Crippen molar-refractivity contribution in [1.82, 2.24) is 5.01 Å². The second-order valence-corrected chi connectivity index (χ2v) is 4.60. The summed E-state index contributed by atoms with van der Waals surface area (Å²) in [5, 5.41) is 3.12. The summed E-state index contributed by atoms with van der Waals surface area (Å²) in [7, 11) is 0. The number of nitrogens with zero attached hydrogens (tertiary/aromatic N) is 1. The molecule has 4 nitrogen and oxygen atoms in total. The van der Waals surface area contributed by atoms with Gasteiger partial charge >= 0.3 is 6.03 Å². The summed E-state index contributed by atoms with van der Waals surface area (Å²) in [6, 6.07) is 2.09. The van der Waals surface area contributed by atoms with Gasteiger partial charge in [0.2, 0.25) is 0 Å². The molecule has 0 heterocycles. The molecule has 6 heteroatoms. The van der Waals surface area contributed by atoms with Gasteiger partial charge in [-0.15, -0.1) is 0 Å². The molecule has 0 atom stereocenters. The van der Waals surface area contributed by atoms with E-state index in [1.807, 2.05) is 0 Å². The van der Waals surface area contributed by atoms with Gasteiger partial charge in [0.05, 0.1) is 11.2 Å². The number of halogens is 2. The van der Waals surface area contributed by atoms with Crippen LogP contribution in [0, 0.1) is 11.6 Å². The molecule has 1 aromatic rings. The van der Waals surface area contributed by atoms with Crippen LogP contribution in [0.4, 0.5) is 19.3 Å². The highest BCUT2D eigenvalue weighted by Crippen LogP contribution is 2.17. The van der Waals surface area contributed by atoms with Crippen LogP contribution in [0.5, 0.6) is 0 Å². The Kier molecular flexibility index (Phi) is 3.67. The zero-order valence-corrected chi connectivity index (χ0v) is 9.92. The minimum absolute atomic E-state index is 0.241. The van der Waals surface area contributed by atoms with Crippen molar-refractivity contribution < 1.29 is 13.6 Å². The third kappa shape index (κ3) is 3.39. The molecule has 0 fully saturated rings. The quantitative estimate of drug-likeness (QED) is 0.452. The third-order valence-corrected chi connectivity index (χ3v) is 2.11. The number of hydrogen-bond acceptors (Lipinski definition) is 2. The van der Waals surface area contributed by atoms with Gasteiger partial charge in [-0.25, -0.2) is 19.4 Å². The number of carbonyl (C=O) groups is 1. The number of nitrogens with one attached hydrogen (secondary N) is 1. The molecular formula is C11H15F2N3O. The molecule has 2 amide bonds. The first kappa shape index (κ1) is 13.4. The van der Waals surface area contributed by atoms with E-state index in [0.29, 0.717) is 0 Å². The molecule has 17 heavy (non-hydrogen) atoms. The maximum atomic E-state index is 13.2. The second-order valence-electron chi connectivity index (χ2n) is 4.60. The van der Waals surface area contributed by atoms with Crippen LogP contribution in [0.1, 0.15) is 20.8 Å². The molecule has 3 N–H and O–H groups in total. The van der Waals surface area contributed by atoms with Gasteiger partial charge in [0, 0.05) is 6.07 Å². The Balaban J connectivity index is 2.85. The van der Waals surface area contributed by atoms with Crippen LogP contribution in [0.15, 0.2) is 18.2 Å². The van der Waals surface area contributed by atoms with E-state index in [2.05, 4.69) is 5.32 Å². The van der Waals surface area contributed by atoms with Crippen LogP contribution in [0.25, 0.3) is 0 Å². The smallest absolute Gasteiger partial charge is 0.304 e. The lowest BCUT2D eigenvalue weighted by molar-refractivity contribution is 0.158. The van der Waals surface area contributed by atoms with Crippen molar-refractivity contribution in [3.63, 3.8) is 0 Å². The van der Waals surface area contributed by atoms with Crippen molar-refractivity contribution in [2.75, 3.05) is 5.32 Å². The lowest BCUT2D eigenvalue weighted by Crippen LogP contribution is -2.52. The van der Waals surface area contributed by atoms with Gasteiger partial charge in [0.25, 0.3) is 0 Å². The highest BCUT2D eigenvalue weighted by Gasteiger charge is 2.24. The molecule has 0 aliphatic rings. The van der Waals surface area contributed by atoms with E-state index in [-0.39, 0.29) is 5.69 Å². The average molecular weight is 243 g/mol. The van der Waals surface area contributed by atoms with Gasteiger partial charge < -0.3 is 5.32 Å². The number of nitrogens with two attached hydrogens (primary N) is 1. The van der Waals surface area contributed by atoms with Crippen LogP contribution in [0.2, 0.25) is 0 Å². The predicted octanol–water partition coefficient (Wildman–Crippen LogP) is 2.47. The molecule has 0 aromatic heterocycles. The van der Waals surface area contributed by atoms with Gasteiger partial charge in [-0.2, -0.15) is 0 Å². The Bertz CT molecular complexity index is 429. The number of amides is 2. The standard InChI is InChI=1S/C11H15F2N3O/c1-11(2,3)16(14)10(17)15-9-6-7(12)4-5-8(9)13/h4-6H,14H2,1-3H3,(H,15,17). The summed E-state index contributed by atoms with van der Waals surface area (Å²) < 4.78 is 26.1. The minimum atomic E-state index is -0.720. The maximum Gasteiger partial charge on any atom is 0.336 e. The lowest BCUT2D eigenvalue weighted by Gasteiger charge is -2.30. The molecule has 1 rings (SSSR count). The van der Waals surface area contributed by atoms with E-state index in [1.165, 1.54) is 0 Å². The number of carbonyl (C=O) groups excluding carboxylic acids is 1. The van der Waals surface area contributed by atoms with Crippen molar-refractivity contribution in [1.29, 1.82) is 0 Å². The van der Waals surface area contributed by atoms with Crippen LogP contribution in [-0.2, 0) is 0 Å². The minimum Gasteiger partial charge on any atom is -0.304 e. The number of hydrogen-bond donors (Lipinski definition) is 2. The van der Waals surface area contributed by atoms with Crippen molar-refractivity contribution >= 4 is 11.7 Å². The second kappa shape index (κ2) is 4.67. The summed E-state index contributed by atoms with van der Waals surface area (Å²) in [6.07, 6.45) is 0. The van der Waals surface area contributed by atoms with E-state index >= 15 is 0 Å². The first-order valence-electron chi connectivity index (χ1n) is 5.03. The molecule has 0 saturated carbocycles. The zero-order chi connectivity index (χ0) is 13.2. The fourth-order valence-electron chi connectivity index (χ4n) is 1.07. The van der Waals surface area contributed by atoms with Crippen LogP contribution < -0.4 is 11.2 Å². The van der Waals surface area contributed by atoms with Gasteiger partial charge in [0.1, 0.15) is 11.6 Å². The normalized spacial score (nSPS) is 11.2. The molecular weight excluding hydrogens is 228 g/mol. The fraction of sp³-hybridized carbons (Fsp3) is 0.364. The number of benzene rings is 1. The summed E-state index contributed by atoms with van der Waals surface area (Å²) in [4.78, 5) is 11.6. The monoisotopic (exact) mass is 243 g/mol. The van der Waals surface area contributed by atoms with E-state index in [9.17, 15) is 13.6 Å². The van der Waals surface area contributed by atoms with E-state index < -0.39 is 23.2 Å². The van der Waals surface area contributed by atoms with E-state index in [0.717, 1.165) is 23.2 Å². The van der Waals surface area contributed by atoms with Gasteiger partial charge in [-0.1, -0.05) is 0 Å². The van der Waals surface area contributed by atoms with E-state index in [4.69, 9.17) is 5.84 Å². The molecule has 94 valence electrons. The van der Waals surface area contributed by atoms with Crippen molar-refractivity contribution in [3.8, 4) is 0 Å². The molecule has 0 aliphatic heterocycles. The molecule has 0 radical (unpaired) electrons. The fourth-order valence-corrected chi connectivity index (χ4v) is 1.07. The molecule has 0 unspecified atom stereocenters. The summed E-state index contributed by atoms with van der Waals surface area (Å²) >= 11 is 0. The van der Waals surface area contributed by atoms with Crippen molar-refractivity contribution in [2.24, 2.45) is 5.84 Å². The number of rotatable bonds is 1. The lowest BCUT2D eigenvalue weighted by atomic mass is 10.1. The molecule has 0 spiro atoms.